The molecule has 0 unspecified atom stereocenters. The number of amides is 2. The zero-order chi connectivity index (χ0) is 14.4. The molecule has 20 heavy (non-hydrogen) atoms. The van der Waals surface area contributed by atoms with Gasteiger partial charge in [-0.05, 0) is 43.2 Å². The Hall–Kier alpha value is -2.56. The molecule has 5 heteroatoms. The van der Waals surface area contributed by atoms with Crippen molar-refractivity contribution < 1.29 is 9.53 Å². The van der Waals surface area contributed by atoms with Crippen LogP contribution < -0.4 is 15.4 Å². The number of benzene rings is 1. The van der Waals surface area contributed by atoms with Crippen molar-refractivity contribution in [2.75, 3.05) is 12.0 Å². The Morgan fingerprint density at radius 2 is 2.10 bits per heavy atom. The maximum Gasteiger partial charge on any atom is 0.321 e. The van der Waals surface area contributed by atoms with Gasteiger partial charge in [0, 0.05) is 6.20 Å². The monoisotopic (exact) mass is 271 g/mol. The van der Waals surface area contributed by atoms with E-state index in [1.165, 1.54) is 0 Å². The second kappa shape index (κ2) is 6.56. The number of rotatable bonds is 4. The largest absolute Gasteiger partial charge is 0.473 e. The number of nitrogens with one attached hydrogen (secondary N) is 2. The van der Waals surface area contributed by atoms with Crippen LogP contribution in [0.2, 0.25) is 0 Å². The number of nitrogens with zero attached hydrogens (tertiary/aromatic N) is 1. The Bertz CT molecular complexity index is 585. The van der Waals surface area contributed by atoms with Gasteiger partial charge >= 0.3 is 6.03 Å². The van der Waals surface area contributed by atoms with Gasteiger partial charge in [0.1, 0.15) is 5.75 Å². The summed E-state index contributed by atoms with van der Waals surface area (Å²) < 4.78 is 5.54. The third kappa shape index (κ3) is 3.71. The molecule has 0 bridgehead atoms. The van der Waals surface area contributed by atoms with Crippen LogP contribution in [0.3, 0.4) is 0 Å². The standard InChI is InChI=1S/C15H17N3O2/c1-11-5-3-7-14(12(11)2)20-10-17-15(19)18-13-6-4-8-16-9-13/h3-9H,10H2,1-2H3,(H2,17,18,19). The number of aryl methyl sites for hydroxylation is 1. The molecule has 0 fully saturated rings. The summed E-state index contributed by atoms with van der Waals surface area (Å²) in [5, 5.41) is 5.29. The summed E-state index contributed by atoms with van der Waals surface area (Å²) in [7, 11) is 0. The van der Waals surface area contributed by atoms with Gasteiger partial charge in [0.15, 0.2) is 6.73 Å². The molecule has 1 aromatic carbocycles. The molecule has 5 nitrogen and oxygen atoms in total. The highest BCUT2D eigenvalue weighted by molar-refractivity contribution is 5.88. The summed E-state index contributed by atoms with van der Waals surface area (Å²) in [5.74, 6) is 0.770. The van der Waals surface area contributed by atoms with Crippen LogP contribution >= 0.6 is 0 Å². The van der Waals surface area contributed by atoms with Crippen molar-refractivity contribution in [3.63, 3.8) is 0 Å². The molecular formula is C15H17N3O2. The first-order valence-corrected chi connectivity index (χ1v) is 6.30. The predicted octanol–water partition coefficient (Wildman–Crippen LogP) is 2.86. The lowest BCUT2D eigenvalue weighted by molar-refractivity contribution is 0.234. The topological polar surface area (TPSA) is 63.2 Å². The van der Waals surface area contributed by atoms with Crippen LogP contribution in [0.25, 0.3) is 0 Å². The molecule has 2 aromatic rings. The van der Waals surface area contributed by atoms with E-state index in [1.807, 2.05) is 32.0 Å². The zero-order valence-corrected chi connectivity index (χ0v) is 11.5. The first-order chi connectivity index (χ1) is 9.66. The smallest absolute Gasteiger partial charge is 0.321 e. The number of hydrogen-bond donors (Lipinski definition) is 2. The first-order valence-electron chi connectivity index (χ1n) is 6.30. The molecule has 1 heterocycles. The Balaban J connectivity index is 1.81. The van der Waals surface area contributed by atoms with E-state index in [4.69, 9.17) is 4.74 Å². The van der Waals surface area contributed by atoms with Gasteiger partial charge in [0.2, 0.25) is 0 Å². The van der Waals surface area contributed by atoms with Gasteiger partial charge in [0.25, 0.3) is 0 Å². The zero-order valence-electron chi connectivity index (χ0n) is 11.5. The average Bonchev–Trinajstić information content (AvgIpc) is 2.44. The third-order valence-electron chi connectivity index (χ3n) is 2.93. The Labute approximate surface area is 118 Å². The number of ether oxygens (including phenoxy) is 1. The van der Waals surface area contributed by atoms with Gasteiger partial charge in [0.05, 0.1) is 11.9 Å². The summed E-state index contributed by atoms with van der Waals surface area (Å²) in [6.07, 6.45) is 3.22. The van der Waals surface area contributed by atoms with Crippen LogP contribution in [0.1, 0.15) is 11.1 Å². The lowest BCUT2D eigenvalue weighted by Crippen LogP contribution is -2.32. The fourth-order valence-corrected chi connectivity index (χ4v) is 1.67. The minimum absolute atomic E-state index is 0.108. The van der Waals surface area contributed by atoms with Crippen molar-refractivity contribution in [2.45, 2.75) is 13.8 Å². The van der Waals surface area contributed by atoms with Crippen molar-refractivity contribution in [3.05, 3.63) is 53.9 Å². The number of carbonyl (C=O) groups is 1. The van der Waals surface area contributed by atoms with Crippen LogP contribution in [0.4, 0.5) is 10.5 Å². The van der Waals surface area contributed by atoms with E-state index in [0.717, 1.165) is 16.9 Å². The van der Waals surface area contributed by atoms with E-state index in [1.54, 1.807) is 24.5 Å². The molecule has 2 rings (SSSR count). The first kappa shape index (κ1) is 13.9. The number of hydrogen-bond acceptors (Lipinski definition) is 3. The van der Waals surface area contributed by atoms with Crippen LogP contribution in [0, 0.1) is 13.8 Å². The fraction of sp³-hybridized carbons (Fsp3) is 0.200. The highest BCUT2D eigenvalue weighted by Gasteiger charge is 2.03. The Kier molecular flexibility index (Phi) is 4.55. The van der Waals surface area contributed by atoms with E-state index in [-0.39, 0.29) is 12.8 Å². The van der Waals surface area contributed by atoms with Gasteiger partial charge in [-0.25, -0.2) is 4.79 Å². The van der Waals surface area contributed by atoms with Gasteiger partial charge in [-0.15, -0.1) is 0 Å². The van der Waals surface area contributed by atoms with E-state index >= 15 is 0 Å². The van der Waals surface area contributed by atoms with Gasteiger partial charge in [-0.2, -0.15) is 0 Å². The SMILES string of the molecule is Cc1cccc(OCNC(=O)Nc2cccnc2)c1C. The predicted molar refractivity (Wildman–Crippen MR) is 77.8 cm³/mol. The molecule has 0 aliphatic rings. The summed E-state index contributed by atoms with van der Waals surface area (Å²) in [6, 6.07) is 9.00. The summed E-state index contributed by atoms with van der Waals surface area (Å²) in [4.78, 5) is 15.5. The molecule has 0 saturated heterocycles. The number of carbonyl (C=O) groups excluding carboxylic acids is 1. The van der Waals surface area contributed by atoms with Crippen LogP contribution in [0.15, 0.2) is 42.7 Å². The maximum absolute atomic E-state index is 11.6. The van der Waals surface area contributed by atoms with E-state index in [2.05, 4.69) is 15.6 Å². The Morgan fingerprint density at radius 3 is 2.85 bits per heavy atom. The minimum Gasteiger partial charge on any atom is -0.473 e. The fourth-order valence-electron chi connectivity index (χ4n) is 1.67. The van der Waals surface area contributed by atoms with Crippen molar-refractivity contribution in [3.8, 4) is 5.75 Å². The minimum atomic E-state index is -0.330. The molecule has 0 saturated carbocycles. The molecule has 0 aliphatic carbocycles. The number of aromatic nitrogens is 1. The molecule has 0 spiro atoms. The number of urea groups is 1. The molecule has 2 N–H and O–H groups in total. The maximum atomic E-state index is 11.6. The van der Waals surface area contributed by atoms with E-state index in [0.29, 0.717) is 5.69 Å². The van der Waals surface area contributed by atoms with Crippen molar-refractivity contribution in [2.24, 2.45) is 0 Å². The van der Waals surface area contributed by atoms with E-state index < -0.39 is 0 Å². The van der Waals surface area contributed by atoms with Gasteiger partial charge in [-0.1, -0.05) is 12.1 Å². The third-order valence-corrected chi connectivity index (χ3v) is 2.93. The molecule has 2 amide bonds. The second-order valence-electron chi connectivity index (χ2n) is 4.36. The summed E-state index contributed by atoms with van der Waals surface area (Å²) in [5.41, 5.74) is 2.86. The van der Waals surface area contributed by atoms with Crippen molar-refractivity contribution in [1.29, 1.82) is 0 Å². The normalized spacial score (nSPS) is 9.90. The lowest BCUT2D eigenvalue weighted by Gasteiger charge is -2.12. The molecule has 104 valence electrons. The number of anilines is 1. The molecule has 1 aromatic heterocycles. The van der Waals surface area contributed by atoms with Gasteiger partial charge < -0.3 is 15.4 Å². The quantitative estimate of drug-likeness (QED) is 0.840. The second-order valence-corrected chi connectivity index (χ2v) is 4.36. The van der Waals surface area contributed by atoms with Crippen LogP contribution in [0.5, 0.6) is 5.75 Å². The summed E-state index contributed by atoms with van der Waals surface area (Å²) in [6.45, 7) is 4.11. The van der Waals surface area contributed by atoms with Crippen LogP contribution in [-0.4, -0.2) is 17.7 Å². The summed E-state index contributed by atoms with van der Waals surface area (Å²) >= 11 is 0. The highest BCUT2D eigenvalue weighted by Crippen LogP contribution is 2.19. The molecular weight excluding hydrogens is 254 g/mol. The van der Waals surface area contributed by atoms with Crippen molar-refractivity contribution >= 4 is 11.7 Å². The van der Waals surface area contributed by atoms with E-state index in [9.17, 15) is 4.79 Å². The van der Waals surface area contributed by atoms with Crippen LogP contribution in [-0.2, 0) is 0 Å². The molecule has 0 aliphatic heterocycles. The Morgan fingerprint density at radius 1 is 1.25 bits per heavy atom. The van der Waals surface area contributed by atoms with Gasteiger partial charge in [-0.3, -0.25) is 4.98 Å². The average molecular weight is 271 g/mol. The number of pyridine rings is 1. The lowest BCUT2D eigenvalue weighted by atomic mass is 10.1. The molecule has 0 radical (unpaired) electrons. The molecule has 0 atom stereocenters. The van der Waals surface area contributed by atoms with Crippen molar-refractivity contribution in [1.82, 2.24) is 10.3 Å². The highest BCUT2D eigenvalue weighted by atomic mass is 16.5.